The average molecular weight is 683 g/mol. The molecule has 1 heterocycles. The van der Waals surface area contributed by atoms with E-state index in [1.165, 1.54) is 18.4 Å². The first-order valence-corrected chi connectivity index (χ1v) is 18.1. The lowest BCUT2D eigenvalue weighted by Gasteiger charge is -2.48. The summed E-state index contributed by atoms with van der Waals surface area (Å²) < 4.78 is 40.4. The molecule has 0 spiro atoms. The zero-order valence-corrected chi connectivity index (χ0v) is 28.8. The van der Waals surface area contributed by atoms with E-state index in [0.29, 0.717) is 40.5 Å². The van der Waals surface area contributed by atoms with Gasteiger partial charge >= 0.3 is 0 Å². The number of halogens is 1. The Bertz CT molecular complexity index is 1820. The largest absolute Gasteiger partial charge is 0.497 e. The van der Waals surface area contributed by atoms with Gasteiger partial charge < -0.3 is 14.4 Å². The van der Waals surface area contributed by atoms with Crippen LogP contribution in [0.25, 0.3) is 10.1 Å². The van der Waals surface area contributed by atoms with Crippen molar-refractivity contribution in [3.8, 4) is 11.5 Å². The lowest BCUT2D eigenvalue weighted by Crippen LogP contribution is -2.55. The molecule has 1 saturated carbocycles. The number of hydrogen-bond acceptors (Lipinski definition) is 7. The number of thiophene rings is 1. The van der Waals surface area contributed by atoms with Crippen molar-refractivity contribution >= 4 is 54.7 Å². The van der Waals surface area contributed by atoms with E-state index in [4.69, 9.17) is 21.1 Å². The van der Waals surface area contributed by atoms with Gasteiger partial charge in [0.25, 0.3) is 0 Å². The van der Waals surface area contributed by atoms with Crippen LogP contribution in [0, 0.1) is 11.3 Å². The second-order valence-corrected chi connectivity index (χ2v) is 15.2. The predicted molar refractivity (Wildman–Crippen MR) is 183 cm³/mol. The summed E-state index contributed by atoms with van der Waals surface area (Å²) in [7, 11) is -0.618. The molecule has 3 atom stereocenters. The van der Waals surface area contributed by atoms with Crippen LogP contribution in [0.1, 0.15) is 60.6 Å². The van der Waals surface area contributed by atoms with E-state index in [1.54, 1.807) is 42.3 Å². The van der Waals surface area contributed by atoms with Crippen molar-refractivity contribution in [3.05, 3.63) is 93.8 Å². The van der Waals surface area contributed by atoms with Crippen LogP contribution in [0.15, 0.2) is 72.1 Å². The van der Waals surface area contributed by atoms with Crippen LogP contribution >= 0.6 is 22.9 Å². The molecule has 3 aromatic carbocycles. The topological polar surface area (TPSA) is 102 Å². The number of Topliss-reactive ketones (excluding diaryl/α,β-unsaturated/α-hetero) is 1. The summed E-state index contributed by atoms with van der Waals surface area (Å²) in [5.74, 6) is 0.331. The Labute approximate surface area is 279 Å². The molecule has 244 valence electrons. The minimum atomic E-state index is -3.68. The number of carbonyl (C=O) groups is 2. The Morgan fingerprint density at radius 2 is 1.83 bits per heavy atom. The monoisotopic (exact) mass is 682 g/mol. The van der Waals surface area contributed by atoms with Gasteiger partial charge in [-0.2, -0.15) is 0 Å². The summed E-state index contributed by atoms with van der Waals surface area (Å²) in [5.41, 5.74) is 1.31. The van der Waals surface area contributed by atoms with E-state index in [1.807, 2.05) is 55.6 Å². The fourth-order valence-corrected chi connectivity index (χ4v) is 8.26. The third-order valence-corrected chi connectivity index (χ3v) is 11.8. The second-order valence-electron chi connectivity index (χ2n) is 11.9. The highest BCUT2D eigenvalue weighted by atomic mass is 35.5. The molecule has 8 nitrogen and oxygen atoms in total. The molecule has 1 aliphatic rings. The molecule has 11 heteroatoms. The molecule has 0 bridgehead atoms. The van der Waals surface area contributed by atoms with Crippen LogP contribution in [0.3, 0.4) is 0 Å². The van der Waals surface area contributed by atoms with Crippen LogP contribution in [0.5, 0.6) is 11.5 Å². The molecule has 1 amide bonds. The molecule has 0 aliphatic heterocycles. The van der Waals surface area contributed by atoms with Crippen molar-refractivity contribution in [1.82, 2.24) is 9.62 Å². The van der Waals surface area contributed by atoms with Gasteiger partial charge in [0, 0.05) is 56.7 Å². The van der Waals surface area contributed by atoms with E-state index >= 15 is 0 Å². The Morgan fingerprint density at radius 3 is 2.50 bits per heavy atom. The molecular weight excluding hydrogens is 644 g/mol. The SMILES string of the molecule is COc1ccc(CNS(=O)(=O)CCCN(C(=O)C2(C)CCC2C(=O)c2csc3ccccc23)[C@@H](C)c2ccc(Cl)cc2)c(OC)c1. The maximum Gasteiger partial charge on any atom is 0.229 e. The third-order valence-electron chi connectivity index (χ3n) is 9.14. The summed E-state index contributed by atoms with van der Waals surface area (Å²) in [6.07, 6.45) is 1.42. The number of ether oxygens (including phenoxy) is 2. The van der Waals surface area contributed by atoms with Gasteiger partial charge in [0.05, 0.1) is 31.4 Å². The summed E-state index contributed by atoms with van der Waals surface area (Å²) in [5, 5.41) is 3.39. The minimum Gasteiger partial charge on any atom is -0.497 e. The molecule has 46 heavy (non-hydrogen) atoms. The number of nitrogens with zero attached hydrogens (tertiary/aromatic N) is 1. The number of hydrogen-bond donors (Lipinski definition) is 1. The number of carbonyl (C=O) groups excluding carboxylic acids is 2. The molecule has 1 fully saturated rings. The maximum absolute atomic E-state index is 14.4. The molecule has 5 rings (SSSR count). The van der Waals surface area contributed by atoms with Gasteiger partial charge in [-0.15, -0.1) is 11.3 Å². The van der Waals surface area contributed by atoms with E-state index in [9.17, 15) is 18.0 Å². The maximum atomic E-state index is 14.4. The van der Waals surface area contributed by atoms with E-state index in [0.717, 1.165) is 15.6 Å². The first-order chi connectivity index (χ1) is 22.0. The molecule has 2 unspecified atom stereocenters. The highest BCUT2D eigenvalue weighted by Crippen LogP contribution is 2.51. The summed E-state index contributed by atoms with van der Waals surface area (Å²) in [4.78, 5) is 30.0. The van der Waals surface area contributed by atoms with Crippen LogP contribution in [0.4, 0.5) is 0 Å². The van der Waals surface area contributed by atoms with Crippen molar-refractivity contribution < 1.29 is 27.5 Å². The highest BCUT2D eigenvalue weighted by Gasteiger charge is 2.54. The summed E-state index contributed by atoms with van der Waals surface area (Å²) >= 11 is 7.67. The van der Waals surface area contributed by atoms with Crippen molar-refractivity contribution in [3.63, 3.8) is 0 Å². The van der Waals surface area contributed by atoms with Crippen LogP contribution in [0.2, 0.25) is 5.02 Å². The molecule has 1 aliphatic carbocycles. The number of benzene rings is 3. The molecule has 1 aromatic heterocycles. The van der Waals surface area contributed by atoms with Crippen molar-refractivity contribution in [2.75, 3.05) is 26.5 Å². The fourth-order valence-electron chi connectivity index (χ4n) is 6.16. The number of methoxy groups -OCH3 is 2. The van der Waals surface area contributed by atoms with Gasteiger partial charge in [-0.25, -0.2) is 13.1 Å². The van der Waals surface area contributed by atoms with Gasteiger partial charge in [0.15, 0.2) is 5.78 Å². The van der Waals surface area contributed by atoms with Gasteiger partial charge in [0.2, 0.25) is 15.9 Å². The zero-order chi connectivity index (χ0) is 33.1. The number of fused-ring (bicyclic) bond motifs is 1. The van der Waals surface area contributed by atoms with Crippen LogP contribution < -0.4 is 14.2 Å². The number of rotatable bonds is 14. The van der Waals surface area contributed by atoms with Gasteiger partial charge in [-0.05, 0) is 56.0 Å². The summed E-state index contributed by atoms with van der Waals surface area (Å²) in [6.45, 7) is 4.05. The van der Waals surface area contributed by atoms with Gasteiger partial charge in [-0.3, -0.25) is 9.59 Å². The Balaban J connectivity index is 1.32. The van der Waals surface area contributed by atoms with Gasteiger partial charge in [-0.1, -0.05) is 54.9 Å². The Hall–Kier alpha value is -3.44. The highest BCUT2D eigenvalue weighted by molar-refractivity contribution is 7.89. The molecule has 0 radical (unpaired) electrons. The van der Waals surface area contributed by atoms with E-state index in [2.05, 4.69) is 4.72 Å². The molecule has 0 saturated heterocycles. The average Bonchev–Trinajstić information content (AvgIpc) is 3.49. The standard InChI is InChI=1S/C35H39ClN2O6S2/c1-23(24-10-13-26(36)14-11-24)38(18-7-19-46(41,42)37-21-25-12-15-27(43-3)20-31(25)44-4)34(40)35(2)17-16-30(35)33(39)29-22-45-32-9-6-5-8-28(29)32/h5-6,8-15,20,22-23,30,37H,7,16-19,21H2,1-4H3/t23-,30?,35?/m0/s1. The van der Waals surface area contributed by atoms with Crippen molar-refractivity contribution in [2.24, 2.45) is 11.3 Å². The van der Waals surface area contributed by atoms with Crippen molar-refractivity contribution in [1.29, 1.82) is 0 Å². The van der Waals surface area contributed by atoms with Crippen molar-refractivity contribution in [2.45, 2.75) is 45.7 Å². The first kappa shape index (κ1) is 33.9. The Kier molecular flexibility index (Phi) is 10.4. The van der Waals surface area contributed by atoms with E-state index < -0.39 is 21.4 Å². The number of sulfonamides is 1. The normalized spacial score (nSPS) is 18.5. The van der Waals surface area contributed by atoms with Gasteiger partial charge in [0.1, 0.15) is 11.5 Å². The van der Waals surface area contributed by atoms with Crippen LogP contribution in [-0.4, -0.2) is 51.5 Å². The molecule has 1 N–H and O–H groups in total. The smallest absolute Gasteiger partial charge is 0.229 e. The predicted octanol–water partition coefficient (Wildman–Crippen LogP) is 7.27. The fraction of sp³-hybridized carbons (Fsp3) is 0.371. The minimum absolute atomic E-state index is 0.0145. The first-order valence-electron chi connectivity index (χ1n) is 15.2. The number of ketones is 1. The number of amides is 1. The zero-order valence-electron chi connectivity index (χ0n) is 26.4. The molecular formula is C35H39ClN2O6S2. The third kappa shape index (κ3) is 7.10. The Morgan fingerprint density at radius 1 is 1.09 bits per heavy atom. The number of nitrogens with one attached hydrogen (secondary N) is 1. The molecule has 4 aromatic rings. The lowest BCUT2D eigenvalue weighted by atomic mass is 9.58. The van der Waals surface area contributed by atoms with E-state index in [-0.39, 0.29) is 43.0 Å². The lowest BCUT2D eigenvalue weighted by molar-refractivity contribution is -0.152. The second kappa shape index (κ2) is 14.1. The quantitative estimate of drug-likeness (QED) is 0.140. The van der Waals surface area contributed by atoms with Crippen LogP contribution in [-0.2, 0) is 21.4 Å². The summed E-state index contributed by atoms with van der Waals surface area (Å²) in [6, 6.07) is 19.9.